The zero-order chi connectivity index (χ0) is 9.54. The molecule has 14 heavy (non-hydrogen) atoms. The van der Waals surface area contributed by atoms with Crippen molar-refractivity contribution in [1.29, 1.82) is 0 Å². The van der Waals surface area contributed by atoms with E-state index >= 15 is 0 Å². The van der Waals surface area contributed by atoms with Crippen molar-refractivity contribution in [2.24, 2.45) is 0 Å². The van der Waals surface area contributed by atoms with Crippen LogP contribution < -0.4 is 10.5 Å². The number of H-pyrrole nitrogens is 1. The Kier molecular flexibility index (Phi) is 1.41. The molecular formula is C9H10N4O. The molecule has 0 aromatic carbocycles. The first kappa shape index (κ1) is 7.61. The Morgan fingerprint density at radius 3 is 3.29 bits per heavy atom. The zero-order valence-corrected chi connectivity index (χ0v) is 7.58. The van der Waals surface area contributed by atoms with Gasteiger partial charge in [0.2, 0.25) is 11.8 Å². The van der Waals surface area contributed by atoms with Crippen LogP contribution in [0.25, 0.3) is 11.0 Å². The SMILES string of the molecule is Nc1nc2c3c(c[nH]c3n1)CCCO2. The predicted molar refractivity (Wildman–Crippen MR) is 52.1 cm³/mol. The van der Waals surface area contributed by atoms with Crippen LogP contribution in [0.1, 0.15) is 12.0 Å². The maximum Gasteiger partial charge on any atom is 0.228 e. The Hall–Kier alpha value is -1.78. The number of hydrogen-bond acceptors (Lipinski definition) is 4. The number of rotatable bonds is 0. The first-order chi connectivity index (χ1) is 6.84. The summed E-state index contributed by atoms with van der Waals surface area (Å²) in [4.78, 5) is 11.3. The third-order valence-corrected chi connectivity index (χ3v) is 2.43. The van der Waals surface area contributed by atoms with Crippen LogP contribution in [-0.4, -0.2) is 21.6 Å². The number of nitrogens with one attached hydrogen (secondary N) is 1. The van der Waals surface area contributed by atoms with Crippen molar-refractivity contribution in [3.05, 3.63) is 11.8 Å². The minimum atomic E-state index is 0.253. The second-order valence-electron chi connectivity index (χ2n) is 3.38. The van der Waals surface area contributed by atoms with Crippen molar-refractivity contribution in [1.82, 2.24) is 15.0 Å². The van der Waals surface area contributed by atoms with Crippen LogP contribution >= 0.6 is 0 Å². The average Bonchev–Trinajstić information content (AvgIpc) is 2.43. The first-order valence-electron chi connectivity index (χ1n) is 4.61. The normalized spacial score (nSPS) is 15.1. The average molecular weight is 190 g/mol. The van der Waals surface area contributed by atoms with Crippen LogP contribution in [0.15, 0.2) is 6.20 Å². The summed E-state index contributed by atoms with van der Waals surface area (Å²) in [6, 6.07) is 0. The molecule has 0 spiro atoms. The number of ether oxygens (including phenoxy) is 1. The maximum atomic E-state index is 5.56. The van der Waals surface area contributed by atoms with E-state index in [4.69, 9.17) is 10.5 Å². The number of hydrogen-bond donors (Lipinski definition) is 2. The Balaban J connectivity index is 2.39. The number of nitrogen functional groups attached to an aromatic ring is 1. The van der Waals surface area contributed by atoms with Crippen molar-refractivity contribution in [2.45, 2.75) is 12.8 Å². The highest BCUT2D eigenvalue weighted by Crippen LogP contribution is 2.29. The van der Waals surface area contributed by atoms with E-state index in [1.807, 2.05) is 6.20 Å². The molecule has 0 aliphatic carbocycles. The smallest absolute Gasteiger partial charge is 0.228 e. The molecule has 3 N–H and O–H groups in total. The summed E-state index contributed by atoms with van der Waals surface area (Å²) < 4.78 is 5.51. The van der Waals surface area contributed by atoms with E-state index in [1.165, 1.54) is 5.56 Å². The van der Waals surface area contributed by atoms with E-state index < -0.39 is 0 Å². The number of anilines is 1. The summed E-state index contributed by atoms with van der Waals surface area (Å²) in [6.45, 7) is 0.695. The highest BCUT2D eigenvalue weighted by molar-refractivity contribution is 5.85. The van der Waals surface area contributed by atoms with Crippen molar-refractivity contribution in [3.8, 4) is 5.88 Å². The van der Waals surface area contributed by atoms with Gasteiger partial charge in [-0.25, -0.2) is 0 Å². The van der Waals surface area contributed by atoms with Crippen molar-refractivity contribution < 1.29 is 4.74 Å². The molecule has 0 saturated carbocycles. The van der Waals surface area contributed by atoms with E-state index in [9.17, 15) is 0 Å². The van der Waals surface area contributed by atoms with Crippen LogP contribution in [0.5, 0.6) is 5.88 Å². The van der Waals surface area contributed by atoms with Gasteiger partial charge in [-0.3, -0.25) is 0 Å². The molecule has 0 atom stereocenters. The van der Waals surface area contributed by atoms with E-state index in [-0.39, 0.29) is 5.95 Å². The fourth-order valence-electron chi connectivity index (χ4n) is 1.81. The summed E-state index contributed by atoms with van der Waals surface area (Å²) >= 11 is 0. The van der Waals surface area contributed by atoms with Crippen LogP contribution in [-0.2, 0) is 6.42 Å². The van der Waals surface area contributed by atoms with Crippen molar-refractivity contribution >= 4 is 17.0 Å². The molecule has 0 amide bonds. The predicted octanol–water partition coefficient (Wildman–Crippen LogP) is 0.865. The van der Waals surface area contributed by atoms with Gasteiger partial charge < -0.3 is 15.5 Å². The summed E-state index contributed by atoms with van der Waals surface area (Å²) in [5, 5.41) is 0.983. The molecule has 1 aliphatic heterocycles. The third kappa shape index (κ3) is 0.951. The molecular weight excluding hydrogens is 180 g/mol. The molecule has 0 bridgehead atoms. The van der Waals surface area contributed by atoms with Gasteiger partial charge >= 0.3 is 0 Å². The lowest BCUT2D eigenvalue weighted by atomic mass is 10.1. The summed E-state index contributed by atoms with van der Waals surface area (Å²) in [7, 11) is 0. The lowest BCUT2D eigenvalue weighted by molar-refractivity contribution is 0.308. The number of aryl methyl sites for hydroxylation is 1. The van der Waals surface area contributed by atoms with Gasteiger partial charge in [0.05, 0.1) is 12.0 Å². The van der Waals surface area contributed by atoms with Gasteiger partial charge in [0.25, 0.3) is 0 Å². The number of nitrogens with two attached hydrogens (primary N) is 1. The van der Waals surface area contributed by atoms with Crippen LogP contribution in [0.2, 0.25) is 0 Å². The third-order valence-electron chi connectivity index (χ3n) is 2.43. The molecule has 3 heterocycles. The highest BCUT2D eigenvalue weighted by Gasteiger charge is 2.16. The summed E-state index contributed by atoms with van der Waals surface area (Å²) in [6.07, 6.45) is 3.96. The molecule has 0 unspecified atom stereocenters. The Morgan fingerprint density at radius 1 is 1.43 bits per heavy atom. The summed E-state index contributed by atoms with van der Waals surface area (Å²) in [5.41, 5.74) is 7.55. The number of aromatic nitrogens is 3. The van der Waals surface area contributed by atoms with Gasteiger partial charge in [-0.15, -0.1) is 0 Å². The number of nitrogens with zero attached hydrogens (tertiary/aromatic N) is 2. The lowest BCUT2D eigenvalue weighted by Gasteiger charge is -2.02. The van der Waals surface area contributed by atoms with Gasteiger partial charge in [0, 0.05) is 6.20 Å². The molecule has 2 aromatic heterocycles. The fraction of sp³-hybridized carbons (Fsp3) is 0.333. The summed E-state index contributed by atoms with van der Waals surface area (Å²) in [5.74, 6) is 0.865. The van der Waals surface area contributed by atoms with Crippen LogP contribution in [0, 0.1) is 0 Å². The molecule has 0 fully saturated rings. The molecule has 0 radical (unpaired) electrons. The molecule has 5 heteroatoms. The molecule has 5 nitrogen and oxygen atoms in total. The van der Waals surface area contributed by atoms with Crippen LogP contribution in [0.4, 0.5) is 5.95 Å². The van der Waals surface area contributed by atoms with Gasteiger partial charge in [-0.1, -0.05) is 0 Å². The molecule has 1 aliphatic rings. The maximum absolute atomic E-state index is 5.56. The molecule has 3 rings (SSSR count). The first-order valence-corrected chi connectivity index (χ1v) is 4.61. The minimum Gasteiger partial charge on any atom is -0.477 e. The lowest BCUT2D eigenvalue weighted by Crippen LogP contribution is -2.01. The number of aromatic amines is 1. The van der Waals surface area contributed by atoms with E-state index in [1.54, 1.807) is 0 Å². The fourth-order valence-corrected chi connectivity index (χ4v) is 1.81. The van der Waals surface area contributed by atoms with Crippen LogP contribution in [0.3, 0.4) is 0 Å². The van der Waals surface area contributed by atoms with E-state index in [0.29, 0.717) is 12.5 Å². The van der Waals surface area contributed by atoms with E-state index in [0.717, 1.165) is 23.9 Å². The standard InChI is InChI=1S/C9H10N4O/c10-9-12-7-6-5(4-11-7)2-1-3-14-8(6)13-9/h4H,1-3H2,(H3,10,11,12,13). The van der Waals surface area contributed by atoms with Crippen molar-refractivity contribution in [2.75, 3.05) is 12.3 Å². The van der Waals surface area contributed by atoms with E-state index in [2.05, 4.69) is 15.0 Å². The topological polar surface area (TPSA) is 76.8 Å². The van der Waals surface area contributed by atoms with Gasteiger partial charge in [0.15, 0.2) is 0 Å². The quantitative estimate of drug-likeness (QED) is 0.646. The second-order valence-corrected chi connectivity index (χ2v) is 3.38. The molecule has 2 aromatic rings. The monoisotopic (exact) mass is 190 g/mol. The van der Waals surface area contributed by atoms with Gasteiger partial charge in [-0.05, 0) is 18.4 Å². The highest BCUT2D eigenvalue weighted by atomic mass is 16.5. The van der Waals surface area contributed by atoms with Gasteiger partial charge in [0.1, 0.15) is 5.65 Å². The molecule has 72 valence electrons. The second kappa shape index (κ2) is 2.60. The minimum absolute atomic E-state index is 0.253. The largest absolute Gasteiger partial charge is 0.477 e. The Bertz CT molecular complexity index is 491. The Labute approximate surface area is 80.3 Å². The zero-order valence-electron chi connectivity index (χ0n) is 7.58. The van der Waals surface area contributed by atoms with Gasteiger partial charge in [-0.2, -0.15) is 9.97 Å². The molecule has 0 saturated heterocycles. The Morgan fingerprint density at radius 2 is 2.36 bits per heavy atom. The van der Waals surface area contributed by atoms with Crippen molar-refractivity contribution in [3.63, 3.8) is 0 Å².